The third kappa shape index (κ3) is 5.16. The van der Waals surface area contributed by atoms with Crippen LogP contribution < -0.4 is 15.3 Å². The molecular weight excluding hydrogens is 505 g/mol. The number of nitrogens with one attached hydrogen (secondary N) is 2. The number of sulfonamides is 1. The van der Waals surface area contributed by atoms with Gasteiger partial charge in [-0.15, -0.1) is 0 Å². The molecule has 11 nitrogen and oxygen atoms in total. The number of aliphatic hydroxyl groups is 1. The third-order valence-corrected chi connectivity index (χ3v) is 8.54. The van der Waals surface area contributed by atoms with Crippen LogP contribution in [0.3, 0.4) is 0 Å². The van der Waals surface area contributed by atoms with Crippen molar-refractivity contribution in [2.75, 3.05) is 36.0 Å². The summed E-state index contributed by atoms with van der Waals surface area (Å²) < 4.78 is 49.5. The van der Waals surface area contributed by atoms with Crippen LogP contribution in [0.1, 0.15) is 40.5 Å². The SMILES string of the molecule is CCOP1(=O)N=C(C2=C(O)C3=CCCN3N(CCC(C)(C)C)C2=O)Nc2ccc(NS(C)(=O)=O)cc21. The van der Waals surface area contributed by atoms with E-state index in [-0.39, 0.29) is 40.2 Å². The zero-order chi connectivity index (χ0) is 26.5. The Bertz CT molecular complexity index is 1340. The summed E-state index contributed by atoms with van der Waals surface area (Å²) >= 11 is 0. The van der Waals surface area contributed by atoms with Gasteiger partial charge < -0.3 is 14.9 Å². The minimum absolute atomic E-state index is 0.0187. The van der Waals surface area contributed by atoms with E-state index >= 15 is 0 Å². The van der Waals surface area contributed by atoms with Gasteiger partial charge in [-0.2, -0.15) is 4.76 Å². The molecule has 36 heavy (non-hydrogen) atoms. The van der Waals surface area contributed by atoms with E-state index in [1.54, 1.807) is 16.9 Å². The number of hydrogen-bond donors (Lipinski definition) is 3. The van der Waals surface area contributed by atoms with Gasteiger partial charge in [-0.3, -0.25) is 19.1 Å². The summed E-state index contributed by atoms with van der Waals surface area (Å²) in [5.41, 5.74) is 0.945. The van der Waals surface area contributed by atoms with E-state index in [9.17, 15) is 22.9 Å². The molecule has 0 spiro atoms. The number of carbonyl (C=O) groups excluding carboxylic acids is 1. The molecule has 0 saturated heterocycles. The average molecular weight is 538 g/mol. The number of fused-ring (bicyclic) bond motifs is 2. The van der Waals surface area contributed by atoms with Gasteiger partial charge in [0.2, 0.25) is 10.0 Å². The smallest absolute Gasteiger partial charge is 0.348 e. The number of anilines is 2. The second-order valence-corrected chi connectivity index (χ2v) is 13.8. The Balaban J connectivity index is 1.78. The van der Waals surface area contributed by atoms with E-state index in [1.165, 1.54) is 18.2 Å². The lowest BCUT2D eigenvalue weighted by Crippen LogP contribution is -2.52. The van der Waals surface area contributed by atoms with Crippen LogP contribution in [-0.2, 0) is 23.9 Å². The van der Waals surface area contributed by atoms with Crippen molar-refractivity contribution >= 4 is 46.0 Å². The number of aliphatic hydroxyl groups excluding tert-OH is 1. The molecule has 0 saturated carbocycles. The normalized spacial score (nSPS) is 22.1. The second-order valence-electron chi connectivity index (χ2n) is 10.1. The molecule has 3 aliphatic heterocycles. The lowest BCUT2D eigenvalue weighted by atomic mass is 9.92. The Hall–Kier alpha value is -2.82. The molecule has 13 heteroatoms. The Morgan fingerprint density at radius 2 is 2.03 bits per heavy atom. The van der Waals surface area contributed by atoms with Crippen LogP contribution in [-0.4, -0.2) is 61.2 Å². The molecule has 0 bridgehead atoms. The molecule has 1 amide bonds. The molecule has 0 fully saturated rings. The van der Waals surface area contributed by atoms with Gasteiger partial charge in [0.25, 0.3) is 5.91 Å². The number of nitrogens with zero attached hydrogens (tertiary/aromatic N) is 3. The summed E-state index contributed by atoms with van der Waals surface area (Å²) in [7, 11) is -7.48. The minimum Gasteiger partial charge on any atom is -0.505 e. The number of benzene rings is 1. The molecular formula is C23H32N5O6PS. The first-order chi connectivity index (χ1) is 16.7. The Kier molecular flexibility index (Phi) is 6.74. The number of hydrazine groups is 1. The molecule has 0 aliphatic carbocycles. The molecule has 4 rings (SSSR count). The zero-order valence-electron chi connectivity index (χ0n) is 21.0. The highest BCUT2D eigenvalue weighted by molar-refractivity contribution is 7.92. The number of amides is 1. The van der Waals surface area contributed by atoms with Crippen molar-refractivity contribution in [3.8, 4) is 0 Å². The molecule has 1 unspecified atom stereocenters. The molecule has 1 aromatic rings. The fraction of sp³-hybridized carbons (Fsp3) is 0.478. The Labute approximate surface area is 211 Å². The predicted molar refractivity (Wildman–Crippen MR) is 140 cm³/mol. The van der Waals surface area contributed by atoms with Crippen LogP contribution in [0.2, 0.25) is 0 Å². The van der Waals surface area contributed by atoms with Crippen LogP contribution in [0.15, 0.2) is 46.1 Å². The van der Waals surface area contributed by atoms with Crippen LogP contribution in [0, 0.1) is 5.41 Å². The van der Waals surface area contributed by atoms with Gasteiger partial charge in [0.15, 0.2) is 11.6 Å². The van der Waals surface area contributed by atoms with Crippen LogP contribution in [0.5, 0.6) is 0 Å². The number of hydrogen-bond acceptors (Lipinski definition) is 8. The van der Waals surface area contributed by atoms with Crippen molar-refractivity contribution in [3.05, 3.63) is 41.3 Å². The van der Waals surface area contributed by atoms with Crippen molar-refractivity contribution < 1.29 is 27.4 Å². The lowest BCUT2D eigenvalue weighted by molar-refractivity contribution is -0.142. The van der Waals surface area contributed by atoms with Crippen LogP contribution in [0.4, 0.5) is 11.4 Å². The van der Waals surface area contributed by atoms with Crippen LogP contribution in [0.25, 0.3) is 0 Å². The fourth-order valence-corrected chi connectivity index (χ4v) is 6.60. The van der Waals surface area contributed by atoms with E-state index in [0.717, 1.165) is 12.7 Å². The maximum Gasteiger partial charge on any atom is 0.348 e. The topological polar surface area (TPSA) is 141 Å². The summed E-state index contributed by atoms with van der Waals surface area (Å²) in [4.78, 5) is 13.7. The molecule has 3 aliphatic rings. The zero-order valence-corrected chi connectivity index (χ0v) is 22.7. The first kappa shape index (κ1) is 26.2. The van der Waals surface area contributed by atoms with Crippen LogP contribution >= 0.6 is 7.52 Å². The summed E-state index contributed by atoms with van der Waals surface area (Å²) in [6.45, 7) is 8.99. The van der Waals surface area contributed by atoms with E-state index in [2.05, 4.69) is 35.6 Å². The molecule has 0 aromatic heterocycles. The lowest BCUT2D eigenvalue weighted by Gasteiger charge is -2.41. The summed E-state index contributed by atoms with van der Waals surface area (Å²) in [5.74, 6) is -0.750. The molecule has 196 valence electrons. The van der Waals surface area contributed by atoms with Gasteiger partial charge in [0.05, 0.1) is 29.6 Å². The van der Waals surface area contributed by atoms with Gasteiger partial charge in [0, 0.05) is 18.8 Å². The Morgan fingerprint density at radius 3 is 2.67 bits per heavy atom. The average Bonchev–Trinajstić information content (AvgIpc) is 3.22. The highest BCUT2D eigenvalue weighted by atomic mass is 32.2. The molecule has 1 aromatic carbocycles. The standard InChI is InChI=1S/C23H32N5O6PS/c1-6-34-35(31)18-14-15(26-36(5,32)33)9-10-16(18)24-21(25-35)19-20(29)17-8-7-12-27(17)28(22(19)30)13-11-23(2,3)4/h8-10,14,26,29H,6-7,11-13H2,1-5H3,(H,24,25,31). The minimum atomic E-state index is -3.92. The molecule has 3 N–H and O–H groups in total. The van der Waals surface area contributed by atoms with Crippen molar-refractivity contribution in [3.63, 3.8) is 0 Å². The highest BCUT2D eigenvalue weighted by Gasteiger charge is 2.43. The first-order valence-electron chi connectivity index (χ1n) is 11.7. The van der Waals surface area contributed by atoms with Gasteiger partial charge in [-0.1, -0.05) is 26.8 Å². The first-order valence-corrected chi connectivity index (χ1v) is 15.2. The maximum absolute atomic E-state index is 13.9. The highest BCUT2D eigenvalue weighted by Crippen LogP contribution is 2.52. The van der Waals surface area contributed by atoms with E-state index in [0.29, 0.717) is 30.9 Å². The van der Waals surface area contributed by atoms with Crippen molar-refractivity contribution in [1.82, 2.24) is 10.0 Å². The predicted octanol–water partition coefficient (Wildman–Crippen LogP) is 3.33. The maximum atomic E-state index is 13.9. The largest absolute Gasteiger partial charge is 0.505 e. The number of carbonyl (C=O) groups is 1. The quantitative estimate of drug-likeness (QED) is 0.450. The Morgan fingerprint density at radius 1 is 1.31 bits per heavy atom. The van der Waals surface area contributed by atoms with Gasteiger partial charge >= 0.3 is 7.52 Å². The summed E-state index contributed by atoms with van der Waals surface area (Å²) in [6.07, 6.45) is 4.27. The molecule has 1 atom stereocenters. The van der Waals surface area contributed by atoms with Gasteiger partial charge in [0.1, 0.15) is 5.57 Å². The molecule has 0 radical (unpaired) electrons. The monoisotopic (exact) mass is 537 g/mol. The van der Waals surface area contributed by atoms with Crippen molar-refractivity contribution in [2.45, 2.75) is 40.5 Å². The van der Waals surface area contributed by atoms with Crippen molar-refractivity contribution in [1.29, 1.82) is 0 Å². The fourth-order valence-electron chi connectivity index (χ4n) is 4.24. The number of amidine groups is 1. The van der Waals surface area contributed by atoms with Gasteiger partial charge in [-0.05, 0) is 43.4 Å². The number of rotatable bonds is 7. The van der Waals surface area contributed by atoms with Crippen molar-refractivity contribution in [2.24, 2.45) is 10.2 Å². The third-order valence-electron chi connectivity index (χ3n) is 5.88. The van der Waals surface area contributed by atoms with E-state index < -0.39 is 23.5 Å². The summed E-state index contributed by atoms with van der Waals surface area (Å²) in [6, 6.07) is 4.43. The van der Waals surface area contributed by atoms with Gasteiger partial charge in [-0.25, -0.2) is 13.4 Å². The second kappa shape index (κ2) is 9.24. The van der Waals surface area contributed by atoms with E-state index in [4.69, 9.17) is 4.52 Å². The molecule has 3 heterocycles. The van der Waals surface area contributed by atoms with E-state index in [1.807, 2.05) is 6.08 Å². The summed E-state index contributed by atoms with van der Waals surface area (Å²) in [5, 5.41) is 17.7.